The van der Waals surface area contributed by atoms with Crippen LogP contribution in [-0.2, 0) is 14.6 Å². The predicted octanol–water partition coefficient (Wildman–Crippen LogP) is -0.562. The van der Waals surface area contributed by atoms with Gasteiger partial charge in [-0.15, -0.1) is 11.6 Å². The van der Waals surface area contributed by atoms with E-state index < -0.39 is 21.8 Å². The van der Waals surface area contributed by atoms with E-state index in [1.165, 1.54) is 7.05 Å². The van der Waals surface area contributed by atoms with E-state index in [0.717, 1.165) is 11.2 Å². The van der Waals surface area contributed by atoms with Crippen LogP contribution in [0.4, 0.5) is 4.79 Å². The van der Waals surface area contributed by atoms with Gasteiger partial charge in [0.25, 0.3) is 0 Å². The van der Waals surface area contributed by atoms with Gasteiger partial charge in [-0.05, 0) is 0 Å². The summed E-state index contributed by atoms with van der Waals surface area (Å²) in [6.07, 6.45) is 1.07. The quantitative estimate of drug-likeness (QED) is 0.684. The zero-order chi connectivity index (χ0) is 12.1. The smallest absolute Gasteiger partial charge is 0.323 e. The maximum atomic E-state index is 11.2. The Hall–Kier alpha value is -0.820. The molecule has 15 heavy (non-hydrogen) atoms. The molecule has 0 saturated heterocycles. The Kier molecular flexibility index (Phi) is 5.59. The van der Waals surface area contributed by atoms with Crippen molar-refractivity contribution in [2.45, 2.75) is 0 Å². The van der Waals surface area contributed by atoms with Gasteiger partial charge in [-0.3, -0.25) is 10.1 Å². The van der Waals surface area contributed by atoms with Crippen molar-refractivity contribution in [1.29, 1.82) is 0 Å². The molecule has 0 spiro atoms. The van der Waals surface area contributed by atoms with Gasteiger partial charge in [0.1, 0.15) is 15.7 Å². The molecule has 6 nitrogen and oxygen atoms in total. The molecule has 0 aliphatic rings. The highest BCUT2D eigenvalue weighted by atomic mass is 35.5. The number of imide groups is 1. The molecule has 0 fully saturated rings. The molecule has 0 radical (unpaired) electrons. The minimum atomic E-state index is -3.12. The molecular formula is C7H13ClN2O4S. The number of sulfone groups is 1. The number of carbonyl (C=O) groups excluding carboxylic acids is 2. The third-order valence-electron chi connectivity index (χ3n) is 1.51. The van der Waals surface area contributed by atoms with Crippen LogP contribution in [0.3, 0.4) is 0 Å². The first-order chi connectivity index (χ1) is 6.76. The first-order valence-corrected chi connectivity index (χ1v) is 6.64. The summed E-state index contributed by atoms with van der Waals surface area (Å²) in [5.41, 5.74) is 0. The summed E-state index contributed by atoms with van der Waals surface area (Å²) in [6.45, 7) is 0.0280. The van der Waals surface area contributed by atoms with Crippen molar-refractivity contribution >= 4 is 33.4 Å². The maximum Gasteiger partial charge on any atom is 0.323 e. The molecule has 0 aromatic rings. The van der Waals surface area contributed by atoms with Gasteiger partial charge in [0.2, 0.25) is 5.91 Å². The Bertz CT molecular complexity index is 341. The first kappa shape index (κ1) is 14.2. The van der Waals surface area contributed by atoms with Gasteiger partial charge in [-0.2, -0.15) is 0 Å². The number of nitrogens with zero attached hydrogens (tertiary/aromatic N) is 1. The lowest BCUT2D eigenvalue weighted by Crippen LogP contribution is -2.42. The summed E-state index contributed by atoms with van der Waals surface area (Å²) in [4.78, 5) is 23.0. The molecule has 8 heteroatoms. The van der Waals surface area contributed by atoms with Crippen LogP contribution in [0.5, 0.6) is 0 Å². The second-order valence-corrected chi connectivity index (χ2v) is 5.57. The van der Waals surface area contributed by atoms with Crippen molar-refractivity contribution in [2.75, 3.05) is 31.5 Å². The average molecular weight is 257 g/mol. The highest BCUT2D eigenvalue weighted by Crippen LogP contribution is 1.89. The van der Waals surface area contributed by atoms with Crippen molar-refractivity contribution in [1.82, 2.24) is 10.2 Å². The Morgan fingerprint density at radius 2 is 1.93 bits per heavy atom. The third-order valence-corrected chi connectivity index (χ3v) is 2.68. The number of amides is 3. The number of hydrogen-bond donors (Lipinski definition) is 1. The van der Waals surface area contributed by atoms with Gasteiger partial charge in [0.15, 0.2) is 0 Å². The van der Waals surface area contributed by atoms with Crippen LogP contribution < -0.4 is 5.32 Å². The van der Waals surface area contributed by atoms with E-state index in [1.807, 2.05) is 5.32 Å². The van der Waals surface area contributed by atoms with Gasteiger partial charge >= 0.3 is 6.03 Å². The van der Waals surface area contributed by atoms with Crippen LogP contribution in [0, 0.1) is 0 Å². The standard InChI is InChI=1S/C7H13ClN2O4S/c1-10(3-4-15(2,13)14)7(12)9-6(11)5-8/h3-5H2,1-2H3,(H,9,11,12). The van der Waals surface area contributed by atoms with Crippen LogP contribution in [0.25, 0.3) is 0 Å². The van der Waals surface area contributed by atoms with Gasteiger partial charge in [0.05, 0.1) is 5.75 Å². The molecule has 0 atom stereocenters. The van der Waals surface area contributed by atoms with Crippen LogP contribution in [0.15, 0.2) is 0 Å². The van der Waals surface area contributed by atoms with Crippen molar-refractivity contribution < 1.29 is 18.0 Å². The molecule has 0 aromatic heterocycles. The fourth-order valence-corrected chi connectivity index (χ4v) is 1.32. The molecule has 0 rings (SSSR count). The summed E-state index contributed by atoms with van der Waals surface area (Å²) in [5.74, 6) is -1.08. The second-order valence-electron chi connectivity index (χ2n) is 3.04. The molecule has 88 valence electrons. The van der Waals surface area contributed by atoms with Crippen molar-refractivity contribution in [3.8, 4) is 0 Å². The van der Waals surface area contributed by atoms with E-state index in [4.69, 9.17) is 11.6 Å². The molecule has 0 bridgehead atoms. The van der Waals surface area contributed by atoms with Crippen molar-refractivity contribution in [3.63, 3.8) is 0 Å². The van der Waals surface area contributed by atoms with Gasteiger partial charge in [-0.25, -0.2) is 13.2 Å². The van der Waals surface area contributed by atoms with Crippen LogP contribution in [-0.4, -0.2) is 56.7 Å². The Balaban J connectivity index is 4.06. The van der Waals surface area contributed by atoms with E-state index in [9.17, 15) is 18.0 Å². The number of carbonyl (C=O) groups is 2. The number of urea groups is 1. The Morgan fingerprint density at radius 3 is 2.33 bits per heavy atom. The first-order valence-electron chi connectivity index (χ1n) is 4.05. The third kappa shape index (κ3) is 7.15. The highest BCUT2D eigenvalue weighted by Gasteiger charge is 2.13. The normalized spacial score (nSPS) is 10.9. The van der Waals surface area contributed by atoms with E-state index >= 15 is 0 Å². The minimum absolute atomic E-state index is 0.0280. The molecular weight excluding hydrogens is 244 g/mol. The molecule has 0 heterocycles. The molecule has 0 aromatic carbocycles. The highest BCUT2D eigenvalue weighted by molar-refractivity contribution is 7.90. The molecule has 0 aliphatic carbocycles. The minimum Gasteiger partial charge on any atom is -0.327 e. The van der Waals surface area contributed by atoms with Crippen molar-refractivity contribution in [3.05, 3.63) is 0 Å². The largest absolute Gasteiger partial charge is 0.327 e. The monoisotopic (exact) mass is 256 g/mol. The predicted molar refractivity (Wildman–Crippen MR) is 56.6 cm³/mol. The lowest BCUT2D eigenvalue weighted by atomic mass is 10.6. The van der Waals surface area contributed by atoms with Crippen LogP contribution in [0.1, 0.15) is 0 Å². The Morgan fingerprint density at radius 1 is 1.40 bits per heavy atom. The molecule has 0 unspecified atom stereocenters. The fraction of sp³-hybridized carbons (Fsp3) is 0.714. The molecule has 3 amide bonds. The summed E-state index contributed by atoms with van der Waals surface area (Å²) >= 11 is 5.17. The van der Waals surface area contributed by atoms with Gasteiger partial charge < -0.3 is 4.90 Å². The van der Waals surface area contributed by atoms with E-state index in [-0.39, 0.29) is 18.2 Å². The lowest BCUT2D eigenvalue weighted by molar-refractivity contribution is -0.117. The fourth-order valence-electron chi connectivity index (χ4n) is 0.652. The van der Waals surface area contributed by atoms with Crippen LogP contribution >= 0.6 is 11.6 Å². The summed E-state index contributed by atoms with van der Waals surface area (Å²) < 4.78 is 21.6. The summed E-state index contributed by atoms with van der Waals surface area (Å²) in [7, 11) is -1.73. The van der Waals surface area contributed by atoms with Crippen LogP contribution in [0.2, 0.25) is 0 Å². The molecule has 1 N–H and O–H groups in total. The number of nitrogens with one attached hydrogen (secondary N) is 1. The number of rotatable bonds is 4. The Labute approximate surface area is 93.5 Å². The summed E-state index contributed by atoms with van der Waals surface area (Å²) in [6, 6.07) is -0.663. The zero-order valence-corrected chi connectivity index (χ0v) is 10.1. The average Bonchev–Trinajstić information content (AvgIpc) is 2.12. The van der Waals surface area contributed by atoms with Crippen molar-refractivity contribution in [2.24, 2.45) is 0 Å². The molecule has 0 aliphatic heterocycles. The number of hydrogen-bond acceptors (Lipinski definition) is 4. The van der Waals surface area contributed by atoms with Gasteiger partial charge in [0, 0.05) is 19.8 Å². The van der Waals surface area contributed by atoms with E-state index in [1.54, 1.807) is 0 Å². The SMILES string of the molecule is CN(CCS(C)(=O)=O)C(=O)NC(=O)CCl. The topological polar surface area (TPSA) is 83.6 Å². The van der Waals surface area contributed by atoms with E-state index in [2.05, 4.69) is 0 Å². The molecule has 0 saturated carbocycles. The van der Waals surface area contributed by atoms with E-state index in [0.29, 0.717) is 0 Å². The lowest BCUT2D eigenvalue weighted by Gasteiger charge is -2.16. The number of halogens is 1. The zero-order valence-electron chi connectivity index (χ0n) is 8.49. The second kappa shape index (κ2) is 5.92. The van der Waals surface area contributed by atoms with Gasteiger partial charge in [-0.1, -0.05) is 0 Å². The summed E-state index contributed by atoms with van der Waals surface area (Å²) in [5, 5.41) is 1.99. The number of alkyl halides is 1. The maximum absolute atomic E-state index is 11.2.